The highest BCUT2D eigenvalue weighted by Gasteiger charge is 2.58. The Morgan fingerprint density at radius 1 is 0.926 bits per heavy atom. The average Bonchev–Trinajstić information content (AvgIpc) is 3.19. The number of amides is 3. The number of piperidine rings is 1. The molecule has 27 heavy (non-hydrogen) atoms. The van der Waals surface area contributed by atoms with E-state index in [1.807, 2.05) is 9.80 Å². The molecule has 6 heteroatoms. The summed E-state index contributed by atoms with van der Waals surface area (Å²) in [5, 5.41) is 13.8. The van der Waals surface area contributed by atoms with Crippen LogP contribution in [0, 0.1) is 23.2 Å². The predicted molar refractivity (Wildman–Crippen MR) is 101 cm³/mol. The molecule has 0 aromatic carbocycles. The summed E-state index contributed by atoms with van der Waals surface area (Å²) < 4.78 is 0. The Hall–Kier alpha value is -1.30. The zero-order valence-electron chi connectivity index (χ0n) is 16.2. The Labute approximate surface area is 161 Å². The van der Waals surface area contributed by atoms with Crippen LogP contribution in [0.15, 0.2) is 0 Å². The van der Waals surface area contributed by atoms with E-state index in [-0.39, 0.29) is 29.5 Å². The lowest BCUT2D eigenvalue weighted by molar-refractivity contribution is -0.163. The van der Waals surface area contributed by atoms with Crippen LogP contribution in [0.5, 0.6) is 0 Å². The van der Waals surface area contributed by atoms with Gasteiger partial charge in [-0.25, -0.2) is 4.79 Å². The van der Waals surface area contributed by atoms with Gasteiger partial charge in [-0.2, -0.15) is 0 Å². The van der Waals surface area contributed by atoms with Crippen molar-refractivity contribution in [3.8, 4) is 0 Å². The minimum atomic E-state index is -0.253. The maximum Gasteiger partial charge on any atom is 0.320 e. The largest absolute Gasteiger partial charge is 0.393 e. The van der Waals surface area contributed by atoms with Gasteiger partial charge in [0.1, 0.15) is 0 Å². The van der Waals surface area contributed by atoms with Gasteiger partial charge >= 0.3 is 6.03 Å². The molecule has 0 aromatic heterocycles. The van der Waals surface area contributed by atoms with Gasteiger partial charge in [0.25, 0.3) is 0 Å². The first-order valence-corrected chi connectivity index (χ1v) is 11.1. The molecule has 3 amide bonds. The summed E-state index contributed by atoms with van der Waals surface area (Å²) in [4.78, 5) is 29.9. The highest BCUT2D eigenvalue weighted by Crippen LogP contribution is 2.60. The minimum absolute atomic E-state index is 0.0794. The average molecular weight is 376 g/mol. The molecular weight excluding hydrogens is 342 g/mol. The van der Waals surface area contributed by atoms with Gasteiger partial charge in [0.05, 0.1) is 11.5 Å². The molecule has 0 radical (unpaired) electrons. The molecule has 6 aliphatic rings. The second-order valence-corrected chi connectivity index (χ2v) is 9.98. The standard InChI is InChI=1S/C21H33N3O3/c25-18-15-8-14-9-16(18)12-21(10-14,11-15)19(26)22-17-4-3-7-24(13-17)20(27)23-5-1-2-6-23/h14-18,25H,1-13H2,(H,22,26)/t14?,15-,16?,17+,18?,21-/m1/s1. The smallest absolute Gasteiger partial charge is 0.320 e. The topological polar surface area (TPSA) is 72.9 Å². The number of carbonyl (C=O) groups excluding carboxylic acids is 2. The molecule has 3 unspecified atom stereocenters. The Balaban J connectivity index is 1.23. The molecule has 4 bridgehead atoms. The molecule has 2 saturated heterocycles. The SMILES string of the molecule is O=C(N1CCCC1)N1CCC[C@H](NC(=O)[C@@]23CC4CC(C2)C(O)[C@H](C4)C3)C1. The molecule has 4 saturated carbocycles. The van der Waals surface area contributed by atoms with Crippen molar-refractivity contribution in [3.63, 3.8) is 0 Å². The molecule has 6 fully saturated rings. The van der Waals surface area contributed by atoms with E-state index in [1.54, 1.807) is 0 Å². The van der Waals surface area contributed by atoms with Crippen molar-refractivity contribution in [2.45, 2.75) is 69.9 Å². The number of aliphatic hydroxyl groups is 1. The van der Waals surface area contributed by atoms with Crippen molar-refractivity contribution in [2.24, 2.45) is 23.2 Å². The van der Waals surface area contributed by atoms with Crippen molar-refractivity contribution in [1.29, 1.82) is 0 Å². The van der Waals surface area contributed by atoms with E-state index in [2.05, 4.69) is 5.32 Å². The van der Waals surface area contributed by atoms with Crippen molar-refractivity contribution in [3.05, 3.63) is 0 Å². The van der Waals surface area contributed by atoms with Crippen molar-refractivity contribution >= 4 is 11.9 Å². The lowest BCUT2D eigenvalue weighted by atomic mass is 9.48. The number of hydrogen-bond donors (Lipinski definition) is 2. The third-order valence-corrected chi connectivity index (χ3v) is 8.11. The van der Waals surface area contributed by atoms with Gasteiger partial charge in [0.15, 0.2) is 0 Å². The van der Waals surface area contributed by atoms with Crippen LogP contribution >= 0.6 is 0 Å². The molecule has 6 nitrogen and oxygen atoms in total. The highest BCUT2D eigenvalue weighted by molar-refractivity contribution is 5.83. The molecular formula is C21H33N3O3. The van der Waals surface area contributed by atoms with Gasteiger partial charge in [-0.1, -0.05) is 0 Å². The van der Waals surface area contributed by atoms with Gasteiger partial charge in [0.2, 0.25) is 5.91 Å². The van der Waals surface area contributed by atoms with Crippen LogP contribution in [0.2, 0.25) is 0 Å². The molecule has 0 aromatic rings. The van der Waals surface area contributed by atoms with E-state index < -0.39 is 0 Å². The minimum Gasteiger partial charge on any atom is -0.393 e. The number of hydrogen-bond acceptors (Lipinski definition) is 3. The number of nitrogens with zero attached hydrogens (tertiary/aromatic N) is 2. The number of nitrogens with one attached hydrogen (secondary N) is 1. The Bertz CT molecular complexity index is 602. The van der Waals surface area contributed by atoms with Crippen LogP contribution < -0.4 is 5.32 Å². The van der Waals surface area contributed by atoms with E-state index >= 15 is 0 Å². The van der Waals surface area contributed by atoms with Gasteiger partial charge in [0, 0.05) is 32.2 Å². The van der Waals surface area contributed by atoms with E-state index in [4.69, 9.17) is 0 Å². The fraction of sp³-hybridized carbons (Fsp3) is 0.905. The van der Waals surface area contributed by atoms with E-state index in [1.165, 1.54) is 0 Å². The molecule has 6 atom stereocenters. The summed E-state index contributed by atoms with van der Waals surface area (Å²) >= 11 is 0. The van der Waals surface area contributed by atoms with Gasteiger partial charge in [-0.3, -0.25) is 4.79 Å². The number of likely N-dealkylation sites (tertiary alicyclic amines) is 2. The number of carbonyl (C=O) groups is 2. The lowest BCUT2D eigenvalue weighted by Crippen LogP contribution is -2.61. The second kappa shape index (κ2) is 6.64. The van der Waals surface area contributed by atoms with Gasteiger partial charge in [-0.15, -0.1) is 0 Å². The quantitative estimate of drug-likeness (QED) is 0.775. The van der Waals surface area contributed by atoms with Crippen molar-refractivity contribution in [1.82, 2.24) is 15.1 Å². The van der Waals surface area contributed by atoms with Gasteiger partial charge in [-0.05, 0) is 75.5 Å². The monoisotopic (exact) mass is 375 g/mol. The summed E-state index contributed by atoms with van der Waals surface area (Å²) in [6, 6.07) is 0.236. The van der Waals surface area contributed by atoms with Crippen LogP contribution in [0.4, 0.5) is 4.79 Å². The number of aliphatic hydroxyl groups excluding tert-OH is 1. The van der Waals surface area contributed by atoms with Crippen molar-refractivity contribution < 1.29 is 14.7 Å². The normalized spacial score (nSPS) is 43.2. The first-order chi connectivity index (χ1) is 13.0. The Morgan fingerprint density at radius 3 is 2.30 bits per heavy atom. The van der Waals surface area contributed by atoms with E-state index in [9.17, 15) is 14.7 Å². The molecule has 6 rings (SSSR count). The van der Waals surface area contributed by atoms with Gasteiger partial charge < -0.3 is 20.2 Å². The lowest BCUT2D eigenvalue weighted by Gasteiger charge is -2.58. The predicted octanol–water partition coefficient (Wildman–Crippen LogP) is 1.97. The summed E-state index contributed by atoms with van der Waals surface area (Å²) in [6.45, 7) is 3.21. The molecule has 0 spiro atoms. The zero-order valence-corrected chi connectivity index (χ0v) is 16.2. The van der Waals surface area contributed by atoms with Crippen LogP contribution in [-0.2, 0) is 4.79 Å². The summed E-state index contributed by atoms with van der Waals surface area (Å²) in [7, 11) is 0. The maximum atomic E-state index is 13.3. The maximum absolute atomic E-state index is 13.3. The number of rotatable bonds is 2. The Kier molecular flexibility index (Phi) is 4.37. The molecule has 2 heterocycles. The van der Waals surface area contributed by atoms with Crippen LogP contribution in [0.25, 0.3) is 0 Å². The third kappa shape index (κ3) is 3.04. The first-order valence-electron chi connectivity index (χ1n) is 11.1. The second-order valence-electron chi connectivity index (χ2n) is 9.98. The number of urea groups is 1. The molecule has 2 aliphatic heterocycles. The van der Waals surface area contributed by atoms with Crippen molar-refractivity contribution in [2.75, 3.05) is 26.2 Å². The summed E-state index contributed by atoms with van der Waals surface area (Å²) in [6.07, 6.45) is 8.88. The summed E-state index contributed by atoms with van der Waals surface area (Å²) in [5.41, 5.74) is -0.253. The van der Waals surface area contributed by atoms with E-state index in [0.717, 1.165) is 77.4 Å². The third-order valence-electron chi connectivity index (χ3n) is 8.11. The van der Waals surface area contributed by atoms with Crippen LogP contribution in [-0.4, -0.2) is 65.2 Å². The highest BCUT2D eigenvalue weighted by atomic mass is 16.3. The van der Waals surface area contributed by atoms with Crippen LogP contribution in [0.3, 0.4) is 0 Å². The molecule has 2 N–H and O–H groups in total. The van der Waals surface area contributed by atoms with E-state index in [0.29, 0.717) is 24.3 Å². The first kappa shape index (κ1) is 17.8. The summed E-state index contributed by atoms with van der Waals surface area (Å²) in [5.74, 6) is 1.47. The molecule has 150 valence electrons. The van der Waals surface area contributed by atoms with Crippen LogP contribution in [0.1, 0.15) is 57.8 Å². The fourth-order valence-electron chi connectivity index (χ4n) is 6.99. The fourth-order valence-corrected chi connectivity index (χ4v) is 6.99. The zero-order chi connectivity index (χ0) is 18.6. The Morgan fingerprint density at radius 2 is 1.59 bits per heavy atom. The molecule has 4 aliphatic carbocycles.